The highest BCUT2D eigenvalue weighted by Crippen LogP contribution is 2.34. The van der Waals surface area contributed by atoms with Crippen LogP contribution in [0.5, 0.6) is 11.5 Å². The number of anilines is 1. The quantitative estimate of drug-likeness (QED) is 0.469. The van der Waals surface area contributed by atoms with E-state index in [1.807, 2.05) is 13.8 Å². The Balaban J connectivity index is 2.32. The molecule has 9 nitrogen and oxygen atoms in total. The van der Waals surface area contributed by atoms with Crippen molar-refractivity contribution in [3.63, 3.8) is 0 Å². The first-order valence-electron chi connectivity index (χ1n) is 9.11. The maximum atomic E-state index is 12.6. The number of likely N-dealkylation sites (N-methyl/N-ethyl adjacent to an activating group) is 1. The van der Waals surface area contributed by atoms with Gasteiger partial charge in [-0.1, -0.05) is 13.8 Å². The van der Waals surface area contributed by atoms with Gasteiger partial charge < -0.3 is 14.4 Å². The molecular weight excluding hydrogens is 366 g/mol. The Labute approximate surface area is 163 Å². The molecule has 0 atom stereocenters. The van der Waals surface area contributed by atoms with E-state index in [1.54, 1.807) is 6.07 Å². The van der Waals surface area contributed by atoms with Crippen molar-refractivity contribution in [2.24, 2.45) is 0 Å². The normalized spacial score (nSPS) is 13.9. The average molecular weight is 391 g/mol. The molecule has 28 heavy (non-hydrogen) atoms. The molecule has 0 N–H and O–H groups in total. The summed E-state index contributed by atoms with van der Waals surface area (Å²) in [6.07, 6.45) is 1.57. The number of carbonyl (C=O) groups is 4. The first-order valence-corrected chi connectivity index (χ1v) is 9.11. The molecule has 0 spiro atoms. The van der Waals surface area contributed by atoms with Crippen molar-refractivity contribution < 1.29 is 28.7 Å². The van der Waals surface area contributed by atoms with Crippen LogP contribution in [-0.4, -0.2) is 67.4 Å². The molecule has 5 amide bonds. The van der Waals surface area contributed by atoms with E-state index in [2.05, 4.69) is 0 Å². The van der Waals surface area contributed by atoms with Crippen LogP contribution in [0.25, 0.3) is 0 Å². The lowest BCUT2D eigenvalue weighted by molar-refractivity contribution is -0.141. The fraction of sp³-hybridized carbons (Fsp3) is 0.474. The second-order valence-corrected chi connectivity index (χ2v) is 6.43. The van der Waals surface area contributed by atoms with Crippen molar-refractivity contribution in [3.8, 4) is 11.5 Å². The molecule has 2 rings (SSSR count). The van der Waals surface area contributed by atoms with E-state index < -0.39 is 30.3 Å². The van der Waals surface area contributed by atoms with Gasteiger partial charge in [0, 0.05) is 20.2 Å². The Morgan fingerprint density at radius 1 is 0.964 bits per heavy atom. The maximum Gasteiger partial charge on any atom is 0.339 e. The lowest BCUT2D eigenvalue weighted by Crippen LogP contribution is -2.41. The molecule has 0 bridgehead atoms. The highest BCUT2D eigenvalue weighted by Gasteiger charge is 2.46. The lowest BCUT2D eigenvalue weighted by atomic mass is 10.2. The zero-order chi connectivity index (χ0) is 20.8. The van der Waals surface area contributed by atoms with Crippen LogP contribution in [0, 0.1) is 0 Å². The summed E-state index contributed by atoms with van der Waals surface area (Å²) in [5.41, 5.74) is 0.179. The van der Waals surface area contributed by atoms with Crippen molar-refractivity contribution in [1.82, 2.24) is 9.80 Å². The number of carbonyl (C=O) groups excluding carboxylic acids is 4. The van der Waals surface area contributed by atoms with Gasteiger partial charge in [-0.15, -0.1) is 0 Å². The van der Waals surface area contributed by atoms with Crippen molar-refractivity contribution in [3.05, 3.63) is 18.2 Å². The number of imide groups is 2. The number of nitrogens with zero attached hydrogens (tertiary/aromatic N) is 3. The minimum atomic E-state index is -1.04. The summed E-state index contributed by atoms with van der Waals surface area (Å²) in [6.45, 7) is 4.34. The lowest BCUT2D eigenvalue weighted by Gasteiger charge is -2.19. The van der Waals surface area contributed by atoms with Gasteiger partial charge in [0.1, 0.15) is 6.54 Å². The number of amides is 5. The third-order valence-corrected chi connectivity index (χ3v) is 3.95. The van der Waals surface area contributed by atoms with Crippen LogP contribution in [0.3, 0.4) is 0 Å². The van der Waals surface area contributed by atoms with E-state index in [1.165, 1.54) is 31.1 Å². The number of benzene rings is 1. The van der Waals surface area contributed by atoms with Crippen LogP contribution >= 0.6 is 0 Å². The topological polar surface area (TPSA) is 96.5 Å². The van der Waals surface area contributed by atoms with Gasteiger partial charge in [0.2, 0.25) is 5.91 Å². The molecule has 0 saturated carbocycles. The second-order valence-electron chi connectivity index (χ2n) is 6.43. The first-order chi connectivity index (χ1) is 13.3. The Morgan fingerprint density at radius 2 is 1.57 bits per heavy atom. The van der Waals surface area contributed by atoms with Crippen molar-refractivity contribution in [2.45, 2.75) is 26.7 Å². The predicted octanol–water partition coefficient (Wildman–Crippen LogP) is 1.65. The van der Waals surface area contributed by atoms with Crippen molar-refractivity contribution in [1.29, 1.82) is 0 Å². The molecule has 152 valence electrons. The fourth-order valence-corrected chi connectivity index (χ4v) is 2.44. The van der Waals surface area contributed by atoms with Gasteiger partial charge in [-0.2, -0.15) is 0 Å². The summed E-state index contributed by atoms with van der Waals surface area (Å²) in [7, 11) is 3.00. The smallest absolute Gasteiger partial charge is 0.339 e. The summed E-state index contributed by atoms with van der Waals surface area (Å²) >= 11 is 0. The van der Waals surface area contributed by atoms with E-state index in [9.17, 15) is 19.2 Å². The molecule has 9 heteroatoms. The first kappa shape index (κ1) is 21.2. The summed E-state index contributed by atoms with van der Waals surface area (Å²) in [4.78, 5) is 51.7. The van der Waals surface area contributed by atoms with Crippen LogP contribution in [-0.2, 0) is 14.4 Å². The Bertz CT molecular complexity index is 777. The molecule has 1 aliphatic heterocycles. The molecule has 1 saturated heterocycles. The molecule has 1 aliphatic rings. The van der Waals surface area contributed by atoms with Gasteiger partial charge in [-0.25, -0.2) is 14.6 Å². The van der Waals surface area contributed by atoms with Gasteiger partial charge >= 0.3 is 17.8 Å². The third kappa shape index (κ3) is 4.41. The maximum absolute atomic E-state index is 12.6. The zero-order valence-corrected chi connectivity index (χ0v) is 16.6. The number of hydrogen-bond donors (Lipinski definition) is 0. The van der Waals surface area contributed by atoms with E-state index in [0.717, 1.165) is 17.7 Å². The number of ether oxygens (including phenoxy) is 2. The van der Waals surface area contributed by atoms with Crippen LogP contribution in [0.15, 0.2) is 18.2 Å². The van der Waals surface area contributed by atoms with Crippen molar-refractivity contribution in [2.75, 3.05) is 38.8 Å². The van der Waals surface area contributed by atoms with E-state index in [0.29, 0.717) is 29.6 Å². The molecule has 0 radical (unpaired) electrons. The summed E-state index contributed by atoms with van der Waals surface area (Å²) in [6, 6.07) is 3.72. The van der Waals surface area contributed by atoms with Gasteiger partial charge in [0.15, 0.2) is 11.5 Å². The number of hydrogen-bond acceptors (Lipinski definition) is 6. The monoisotopic (exact) mass is 391 g/mol. The Kier molecular flexibility index (Phi) is 6.97. The van der Waals surface area contributed by atoms with E-state index >= 15 is 0 Å². The average Bonchev–Trinajstić information content (AvgIpc) is 2.88. The van der Waals surface area contributed by atoms with Gasteiger partial charge in [-0.05, 0) is 25.0 Å². The second kappa shape index (κ2) is 9.20. The highest BCUT2D eigenvalue weighted by atomic mass is 16.5. The van der Waals surface area contributed by atoms with Gasteiger partial charge in [0.05, 0.1) is 18.9 Å². The fourth-order valence-electron chi connectivity index (χ4n) is 2.44. The Hall–Kier alpha value is -3.10. The van der Waals surface area contributed by atoms with Gasteiger partial charge in [0.25, 0.3) is 0 Å². The number of urea groups is 1. The molecule has 1 aromatic rings. The standard InChI is InChI=1S/C19H25N3O6/c1-5-9-27-14-8-7-13(11-15(14)28-10-6-2)22-18(25)17(24)21(19(22)26)12-16(23)20(3)4/h7-8,11H,5-6,9-10,12H2,1-4H3. The molecule has 0 unspecified atom stereocenters. The zero-order valence-electron chi connectivity index (χ0n) is 16.6. The molecule has 0 aliphatic carbocycles. The summed E-state index contributed by atoms with van der Waals surface area (Å²) in [5, 5.41) is 0. The van der Waals surface area contributed by atoms with Gasteiger partial charge in [-0.3, -0.25) is 14.4 Å². The highest BCUT2D eigenvalue weighted by molar-refractivity contribution is 6.53. The van der Waals surface area contributed by atoms with E-state index in [-0.39, 0.29) is 5.69 Å². The molecule has 1 aromatic carbocycles. The van der Waals surface area contributed by atoms with Crippen LogP contribution < -0.4 is 14.4 Å². The summed E-state index contributed by atoms with van der Waals surface area (Å²) < 4.78 is 11.3. The minimum absolute atomic E-state index is 0.179. The van der Waals surface area contributed by atoms with E-state index in [4.69, 9.17) is 9.47 Å². The Morgan fingerprint density at radius 3 is 2.14 bits per heavy atom. The molecule has 1 fully saturated rings. The van der Waals surface area contributed by atoms with Crippen LogP contribution in [0.1, 0.15) is 26.7 Å². The van der Waals surface area contributed by atoms with Crippen molar-refractivity contribution >= 4 is 29.4 Å². The third-order valence-electron chi connectivity index (χ3n) is 3.95. The minimum Gasteiger partial charge on any atom is -0.490 e. The SMILES string of the molecule is CCCOc1ccc(N2C(=O)C(=O)N(CC(=O)N(C)C)C2=O)cc1OCCC. The molecular formula is C19H25N3O6. The molecule has 1 heterocycles. The molecule has 0 aromatic heterocycles. The van der Waals surface area contributed by atoms with Crippen LogP contribution in [0.4, 0.5) is 10.5 Å². The van der Waals surface area contributed by atoms with Crippen LogP contribution in [0.2, 0.25) is 0 Å². The predicted molar refractivity (Wildman–Crippen MR) is 101 cm³/mol. The number of rotatable bonds is 9. The largest absolute Gasteiger partial charge is 0.490 e. The summed E-state index contributed by atoms with van der Waals surface area (Å²) in [5.74, 6) is -1.65.